The monoisotopic (exact) mass is 297 g/mol. The number of amides is 1. The molecule has 1 unspecified atom stereocenters. The first kappa shape index (κ1) is 15.7. The summed E-state index contributed by atoms with van der Waals surface area (Å²) in [5, 5.41) is 9.38. The standard InChI is InChI=1S/C15H20FNO4/c1-10(18)13-4-3-12(9-14(13)16)21-11(2)15(19)17-5-7-20-8-6-17/h3-4,9-11,18H,5-8H2,1-2H3/t10-,11?/m1/s1. The van der Waals surface area contributed by atoms with Gasteiger partial charge in [0, 0.05) is 24.7 Å². The summed E-state index contributed by atoms with van der Waals surface area (Å²) in [5.74, 6) is -0.419. The van der Waals surface area contributed by atoms with Gasteiger partial charge in [-0.3, -0.25) is 4.79 Å². The molecule has 1 aliphatic rings. The molecule has 0 spiro atoms. The van der Waals surface area contributed by atoms with Crippen LogP contribution in [0.2, 0.25) is 0 Å². The molecule has 0 aliphatic carbocycles. The molecule has 5 nitrogen and oxygen atoms in total. The van der Waals surface area contributed by atoms with Crippen LogP contribution in [0.15, 0.2) is 18.2 Å². The molecular formula is C15H20FNO4. The number of hydrogen-bond donors (Lipinski definition) is 1. The van der Waals surface area contributed by atoms with Crippen LogP contribution in [0.3, 0.4) is 0 Å². The van der Waals surface area contributed by atoms with E-state index in [1.165, 1.54) is 19.1 Å². The topological polar surface area (TPSA) is 59.0 Å². The molecule has 116 valence electrons. The van der Waals surface area contributed by atoms with Crippen LogP contribution in [0.4, 0.5) is 4.39 Å². The van der Waals surface area contributed by atoms with Gasteiger partial charge in [0.25, 0.3) is 5.91 Å². The van der Waals surface area contributed by atoms with Crippen molar-refractivity contribution in [3.63, 3.8) is 0 Å². The van der Waals surface area contributed by atoms with Crippen LogP contribution < -0.4 is 4.74 Å². The molecule has 1 heterocycles. The van der Waals surface area contributed by atoms with Crippen LogP contribution in [0.5, 0.6) is 5.75 Å². The molecule has 2 rings (SSSR count). The van der Waals surface area contributed by atoms with Crippen molar-refractivity contribution in [2.45, 2.75) is 26.1 Å². The van der Waals surface area contributed by atoms with Crippen molar-refractivity contribution in [2.75, 3.05) is 26.3 Å². The Balaban J connectivity index is 2.00. The highest BCUT2D eigenvalue weighted by Crippen LogP contribution is 2.22. The first-order valence-corrected chi connectivity index (χ1v) is 6.99. The van der Waals surface area contributed by atoms with Crippen LogP contribution in [0.1, 0.15) is 25.5 Å². The minimum Gasteiger partial charge on any atom is -0.481 e. The third-order valence-corrected chi connectivity index (χ3v) is 3.41. The van der Waals surface area contributed by atoms with E-state index in [1.807, 2.05) is 0 Å². The minimum absolute atomic E-state index is 0.140. The first-order chi connectivity index (χ1) is 9.99. The van der Waals surface area contributed by atoms with E-state index < -0.39 is 18.0 Å². The Kier molecular flexibility index (Phi) is 5.14. The van der Waals surface area contributed by atoms with Crippen LogP contribution in [-0.4, -0.2) is 48.3 Å². The maximum atomic E-state index is 13.8. The lowest BCUT2D eigenvalue weighted by molar-refractivity contribution is -0.142. The van der Waals surface area contributed by atoms with Crippen molar-refractivity contribution in [3.05, 3.63) is 29.6 Å². The molecule has 1 amide bonds. The van der Waals surface area contributed by atoms with Gasteiger partial charge in [0.2, 0.25) is 0 Å². The minimum atomic E-state index is -0.883. The Morgan fingerprint density at radius 1 is 1.38 bits per heavy atom. The predicted octanol–water partition coefficient (Wildman–Crippen LogP) is 1.51. The van der Waals surface area contributed by atoms with Gasteiger partial charge in [0.15, 0.2) is 6.10 Å². The van der Waals surface area contributed by atoms with E-state index in [9.17, 15) is 14.3 Å². The Bertz CT molecular complexity index is 500. The summed E-state index contributed by atoms with van der Waals surface area (Å²) in [4.78, 5) is 13.8. The number of carbonyl (C=O) groups excluding carboxylic acids is 1. The first-order valence-electron chi connectivity index (χ1n) is 6.99. The Hall–Kier alpha value is -1.66. The molecule has 0 bridgehead atoms. The van der Waals surface area contributed by atoms with Crippen LogP contribution in [-0.2, 0) is 9.53 Å². The van der Waals surface area contributed by atoms with Gasteiger partial charge in [-0.05, 0) is 26.0 Å². The Morgan fingerprint density at radius 2 is 2.05 bits per heavy atom. The van der Waals surface area contributed by atoms with E-state index in [-0.39, 0.29) is 17.2 Å². The molecule has 1 aromatic rings. The average Bonchev–Trinajstić information content (AvgIpc) is 2.47. The van der Waals surface area contributed by atoms with Gasteiger partial charge in [-0.1, -0.05) is 0 Å². The third-order valence-electron chi connectivity index (χ3n) is 3.41. The summed E-state index contributed by atoms with van der Waals surface area (Å²) in [6.07, 6.45) is -1.58. The van der Waals surface area contributed by atoms with Gasteiger partial charge in [-0.25, -0.2) is 4.39 Å². The maximum Gasteiger partial charge on any atom is 0.263 e. The van der Waals surface area contributed by atoms with Gasteiger partial charge >= 0.3 is 0 Å². The number of halogens is 1. The van der Waals surface area contributed by atoms with E-state index in [2.05, 4.69) is 0 Å². The molecule has 21 heavy (non-hydrogen) atoms. The fourth-order valence-corrected chi connectivity index (χ4v) is 2.22. The van der Waals surface area contributed by atoms with Gasteiger partial charge in [0.05, 0.1) is 19.3 Å². The number of rotatable bonds is 4. The van der Waals surface area contributed by atoms with Crippen LogP contribution >= 0.6 is 0 Å². The van der Waals surface area contributed by atoms with Crippen molar-refractivity contribution in [3.8, 4) is 5.75 Å². The highest BCUT2D eigenvalue weighted by molar-refractivity contribution is 5.81. The molecule has 2 atom stereocenters. The Morgan fingerprint density at radius 3 is 2.62 bits per heavy atom. The number of benzene rings is 1. The van der Waals surface area contributed by atoms with Gasteiger partial charge in [-0.2, -0.15) is 0 Å². The van der Waals surface area contributed by atoms with Crippen molar-refractivity contribution < 1.29 is 23.8 Å². The normalized spacial score (nSPS) is 18.2. The summed E-state index contributed by atoms with van der Waals surface area (Å²) < 4.78 is 24.4. The number of carbonyl (C=O) groups is 1. The lowest BCUT2D eigenvalue weighted by atomic mass is 10.1. The van der Waals surface area contributed by atoms with Crippen molar-refractivity contribution in [1.82, 2.24) is 4.90 Å². The SMILES string of the molecule is CC(Oc1ccc([C@@H](C)O)c(F)c1)C(=O)N1CCOCC1. The number of aliphatic hydroxyl groups excluding tert-OH is 1. The van der Waals surface area contributed by atoms with Crippen LogP contribution in [0.25, 0.3) is 0 Å². The summed E-state index contributed by atoms with van der Waals surface area (Å²) in [6.45, 7) is 5.26. The van der Waals surface area contributed by atoms with E-state index in [1.54, 1.807) is 17.9 Å². The molecule has 0 aromatic heterocycles. The zero-order valence-electron chi connectivity index (χ0n) is 12.2. The predicted molar refractivity (Wildman–Crippen MR) is 74.5 cm³/mol. The number of morpholine rings is 1. The zero-order valence-corrected chi connectivity index (χ0v) is 12.2. The lowest BCUT2D eigenvalue weighted by Crippen LogP contribution is -2.46. The molecular weight excluding hydrogens is 277 g/mol. The molecule has 6 heteroatoms. The van der Waals surface area contributed by atoms with Crippen molar-refractivity contribution in [2.24, 2.45) is 0 Å². The summed E-state index contributed by atoms with van der Waals surface area (Å²) in [6, 6.07) is 4.20. The Labute approximate surface area is 123 Å². The van der Waals surface area contributed by atoms with Crippen molar-refractivity contribution >= 4 is 5.91 Å². The van der Waals surface area contributed by atoms with Gasteiger partial charge in [0.1, 0.15) is 11.6 Å². The molecule has 1 saturated heterocycles. The third kappa shape index (κ3) is 3.92. The number of hydrogen-bond acceptors (Lipinski definition) is 4. The second kappa shape index (κ2) is 6.87. The van der Waals surface area contributed by atoms with E-state index in [0.29, 0.717) is 26.3 Å². The second-order valence-corrected chi connectivity index (χ2v) is 5.06. The largest absolute Gasteiger partial charge is 0.481 e. The van der Waals surface area contributed by atoms with Crippen LogP contribution in [0, 0.1) is 5.82 Å². The number of aliphatic hydroxyl groups is 1. The fourth-order valence-electron chi connectivity index (χ4n) is 2.22. The van der Waals surface area contributed by atoms with Gasteiger partial charge < -0.3 is 19.5 Å². The summed E-state index contributed by atoms with van der Waals surface area (Å²) >= 11 is 0. The molecule has 1 aliphatic heterocycles. The molecule has 0 radical (unpaired) electrons. The molecule has 1 N–H and O–H groups in total. The fraction of sp³-hybridized carbons (Fsp3) is 0.533. The second-order valence-electron chi connectivity index (χ2n) is 5.06. The van der Waals surface area contributed by atoms with Gasteiger partial charge in [-0.15, -0.1) is 0 Å². The maximum absolute atomic E-state index is 13.8. The summed E-state index contributed by atoms with van der Waals surface area (Å²) in [7, 11) is 0. The van der Waals surface area contributed by atoms with E-state index >= 15 is 0 Å². The molecule has 0 saturated carbocycles. The lowest BCUT2D eigenvalue weighted by Gasteiger charge is -2.29. The highest BCUT2D eigenvalue weighted by Gasteiger charge is 2.24. The average molecular weight is 297 g/mol. The van der Waals surface area contributed by atoms with Crippen molar-refractivity contribution in [1.29, 1.82) is 0 Å². The van der Waals surface area contributed by atoms with E-state index in [4.69, 9.17) is 9.47 Å². The number of ether oxygens (including phenoxy) is 2. The summed E-state index contributed by atoms with van der Waals surface area (Å²) in [5.41, 5.74) is 0.203. The smallest absolute Gasteiger partial charge is 0.263 e. The molecule has 1 fully saturated rings. The number of nitrogens with zero attached hydrogens (tertiary/aromatic N) is 1. The zero-order chi connectivity index (χ0) is 15.4. The highest BCUT2D eigenvalue weighted by atomic mass is 19.1. The molecule has 1 aromatic carbocycles. The van der Waals surface area contributed by atoms with E-state index in [0.717, 1.165) is 0 Å². The quantitative estimate of drug-likeness (QED) is 0.915.